The molecule has 1 amide bonds. The molecule has 1 atom stereocenters. The lowest BCUT2D eigenvalue weighted by atomic mass is 9.94. The van der Waals surface area contributed by atoms with Gasteiger partial charge in [-0.15, -0.1) is 0 Å². The number of methoxy groups -OCH3 is 2. The molecule has 2 aromatic rings. The van der Waals surface area contributed by atoms with Crippen molar-refractivity contribution in [3.63, 3.8) is 0 Å². The molecule has 206 valence electrons. The first-order valence-corrected chi connectivity index (χ1v) is 13.7. The number of carbonyl (C=O) groups excluding carboxylic acids is 2. The number of rotatable bonds is 14. The fourth-order valence-electron chi connectivity index (χ4n) is 4.81. The molecule has 0 saturated carbocycles. The van der Waals surface area contributed by atoms with E-state index in [4.69, 9.17) is 21.1 Å². The highest BCUT2D eigenvalue weighted by Crippen LogP contribution is 2.44. The Balaban J connectivity index is 2.02. The summed E-state index contributed by atoms with van der Waals surface area (Å²) in [4.78, 5) is 30.8. The summed E-state index contributed by atoms with van der Waals surface area (Å²) in [5.41, 5.74) is 1.01. The molecule has 2 aromatic carbocycles. The maximum atomic E-state index is 13.4. The summed E-state index contributed by atoms with van der Waals surface area (Å²) in [6, 6.07) is 11.0. The molecule has 1 aliphatic rings. The van der Waals surface area contributed by atoms with Crippen LogP contribution in [0.2, 0.25) is 5.02 Å². The number of ketones is 1. The second-order valence-corrected chi connectivity index (χ2v) is 9.95. The van der Waals surface area contributed by atoms with Crippen LogP contribution in [0.3, 0.4) is 0 Å². The first-order chi connectivity index (χ1) is 18.4. The summed E-state index contributed by atoms with van der Waals surface area (Å²) in [5.74, 6) is -0.546. The number of Topliss-reactive ketones (excluding diaryl/α,β-unsaturated/α-hetero) is 1. The SMILES string of the molecule is CCCCN(CCCC)CCCN1C(=O)C(=O)C(=C(O)c2ccc(Cl)cc2)[C@@H]1c1cc(OC)ccc1OC. The number of aliphatic hydroxyl groups is 1. The number of aliphatic hydroxyl groups excluding tert-OH is 1. The number of likely N-dealkylation sites (tertiary alicyclic amines) is 1. The predicted octanol–water partition coefficient (Wildman–Crippen LogP) is 6.07. The van der Waals surface area contributed by atoms with Crippen LogP contribution in [-0.2, 0) is 9.59 Å². The van der Waals surface area contributed by atoms with Crippen molar-refractivity contribution < 1.29 is 24.2 Å². The zero-order valence-corrected chi connectivity index (χ0v) is 23.6. The summed E-state index contributed by atoms with van der Waals surface area (Å²) >= 11 is 6.03. The van der Waals surface area contributed by atoms with E-state index >= 15 is 0 Å². The van der Waals surface area contributed by atoms with Gasteiger partial charge in [0, 0.05) is 22.7 Å². The quantitative estimate of drug-likeness (QED) is 0.177. The third kappa shape index (κ3) is 6.88. The van der Waals surface area contributed by atoms with Crippen molar-refractivity contribution in [3.05, 3.63) is 64.2 Å². The van der Waals surface area contributed by atoms with Gasteiger partial charge in [0.1, 0.15) is 17.3 Å². The van der Waals surface area contributed by atoms with Gasteiger partial charge in [0.25, 0.3) is 11.7 Å². The highest BCUT2D eigenvalue weighted by atomic mass is 35.5. The Morgan fingerprint density at radius 3 is 2.16 bits per heavy atom. The zero-order valence-electron chi connectivity index (χ0n) is 22.8. The molecule has 0 unspecified atom stereocenters. The van der Waals surface area contributed by atoms with Gasteiger partial charge in [0.05, 0.1) is 25.8 Å². The summed E-state index contributed by atoms with van der Waals surface area (Å²) in [6.07, 6.45) is 5.19. The fourth-order valence-corrected chi connectivity index (χ4v) is 4.94. The van der Waals surface area contributed by atoms with Gasteiger partial charge < -0.3 is 24.4 Å². The van der Waals surface area contributed by atoms with E-state index in [2.05, 4.69) is 18.7 Å². The molecule has 0 radical (unpaired) electrons. The van der Waals surface area contributed by atoms with Gasteiger partial charge >= 0.3 is 0 Å². The smallest absolute Gasteiger partial charge is 0.295 e. The molecule has 1 aliphatic heterocycles. The molecule has 1 fully saturated rings. The van der Waals surface area contributed by atoms with Crippen molar-refractivity contribution in [1.82, 2.24) is 9.80 Å². The fraction of sp³-hybridized carbons (Fsp3) is 0.467. The van der Waals surface area contributed by atoms with Gasteiger partial charge in [0.2, 0.25) is 0 Å². The first kappa shape index (κ1) is 29.5. The molecule has 1 saturated heterocycles. The third-order valence-corrected chi connectivity index (χ3v) is 7.17. The maximum absolute atomic E-state index is 13.4. The third-order valence-electron chi connectivity index (χ3n) is 6.92. The zero-order chi connectivity index (χ0) is 27.7. The highest BCUT2D eigenvalue weighted by molar-refractivity contribution is 6.46. The van der Waals surface area contributed by atoms with Crippen LogP contribution in [0, 0.1) is 0 Å². The second kappa shape index (κ2) is 14.2. The lowest BCUT2D eigenvalue weighted by Gasteiger charge is -2.28. The van der Waals surface area contributed by atoms with Crippen LogP contribution >= 0.6 is 11.6 Å². The minimum Gasteiger partial charge on any atom is -0.507 e. The number of hydrogen-bond donors (Lipinski definition) is 1. The van der Waals surface area contributed by atoms with Gasteiger partial charge in [-0.2, -0.15) is 0 Å². The normalized spacial score (nSPS) is 16.9. The monoisotopic (exact) mass is 542 g/mol. The number of hydrogen-bond acceptors (Lipinski definition) is 6. The van der Waals surface area contributed by atoms with E-state index in [1.807, 2.05) is 0 Å². The van der Waals surface area contributed by atoms with Crippen LogP contribution in [0.5, 0.6) is 11.5 Å². The van der Waals surface area contributed by atoms with E-state index in [1.165, 1.54) is 7.11 Å². The Morgan fingerprint density at radius 2 is 1.58 bits per heavy atom. The number of carbonyl (C=O) groups is 2. The number of halogens is 1. The van der Waals surface area contributed by atoms with E-state index in [0.29, 0.717) is 40.6 Å². The molecule has 0 aliphatic carbocycles. The van der Waals surface area contributed by atoms with Crippen molar-refractivity contribution in [1.29, 1.82) is 0 Å². The lowest BCUT2D eigenvalue weighted by Crippen LogP contribution is -2.34. The van der Waals surface area contributed by atoms with Crippen molar-refractivity contribution in [3.8, 4) is 11.5 Å². The predicted molar refractivity (Wildman–Crippen MR) is 151 cm³/mol. The van der Waals surface area contributed by atoms with Gasteiger partial charge in [-0.05, 0) is 81.4 Å². The van der Waals surface area contributed by atoms with E-state index in [9.17, 15) is 14.7 Å². The second-order valence-electron chi connectivity index (χ2n) is 9.51. The molecular formula is C30H39ClN2O5. The van der Waals surface area contributed by atoms with Gasteiger partial charge in [-0.3, -0.25) is 9.59 Å². The summed E-state index contributed by atoms with van der Waals surface area (Å²) in [5, 5.41) is 11.8. The molecule has 1 N–H and O–H groups in total. The number of ether oxygens (including phenoxy) is 2. The Hall–Kier alpha value is -3.03. The summed E-state index contributed by atoms with van der Waals surface area (Å²) in [7, 11) is 3.09. The molecule has 0 aromatic heterocycles. The van der Waals surface area contributed by atoms with E-state index < -0.39 is 17.7 Å². The van der Waals surface area contributed by atoms with Gasteiger partial charge in [-0.1, -0.05) is 38.3 Å². The van der Waals surface area contributed by atoms with Crippen molar-refractivity contribution in [2.75, 3.05) is 40.4 Å². The summed E-state index contributed by atoms with van der Waals surface area (Å²) in [6.45, 7) is 7.57. The van der Waals surface area contributed by atoms with E-state index in [1.54, 1.807) is 54.5 Å². The van der Waals surface area contributed by atoms with Crippen LogP contribution in [0.4, 0.5) is 0 Å². The van der Waals surface area contributed by atoms with Crippen LogP contribution in [-0.4, -0.2) is 67.0 Å². The number of amides is 1. The first-order valence-electron chi connectivity index (χ1n) is 13.3. The van der Waals surface area contributed by atoms with Crippen LogP contribution < -0.4 is 9.47 Å². The Morgan fingerprint density at radius 1 is 0.947 bits per heavy atom. The highest BCUT2D eigenvalue weighted by Gasteiger charge is 2.47. The van der Waals surface area contributed by atoms with Crippen LogP contribution in [0.25, 0.3) is 5.76 Å². The number of unbranched alkanes of at least 4 members (excludes halogenated alkanes) is 2. The van der Waals surface area contributed by atoms with Crippen molar-refractivity contribution >= 4 is 29.1 Å². The Bertz CT molecular complexity index is 1120. The average molecular weight is 543 g/mol. The lowest BCUT2D eigenvalue weighted by molar-refractivity contribution is -0.140. The van der Waals surface area contributed by atoms with Crippen molar-refractivity contribution in [2.24, 2.45) is 0 Å². The molecule has 7 nitrogen and oxygen atoms in total. The van der Waals surface area contributed by atoms with E-state index in [-0.39, 0.29) is 11.3 Å². The average Bonchev–Trinajstić information content (AvgIpc) is 3.18. The molecule has 3 rings (SSSR count). The standard InChI is InChI=1S/C30H39ClN2O5/c1-5-7-16-32(17-8-6-2)18-9-19-33-27(24-20-23(37-3)14-15-25(24)38-4)26(29(35)30(33)36)28(34)21-10-12-22(31)13-11-21/h10-15,20,27,34H,5-9,16-19H2,1-4H3/t27-/m0/s1. The molecule has 0 bridgehead atoms. The maximum Gasteiger partial charge on any atom is 0.295 e. The topological polar surface area (TPSA) is 79.3 Å². The molecular weight excluding hydrogens is 504 g/mol. The molecule has 1 heterocycles. The molecule has 0 spiro atoms. The summed E-state index contributed by atoms with van der Waals surface area (Å²) < 4.78 is 11.1. The molecule has 8 heteroatoms. The minimum atomic E-state index is -0.824. The van der Waals surface area contributed by atoms with Gasteiger partial charge in [-0.25, -0.2) is 0 Å². The van der Waals surface area contributed by atoms with Gasteiger partial charge in [0.15, 0.2) is 0 Å². The van der Waals surface area contributed by atoms with E-state index in [0.717, 1.165) is 45.3 Å². The Labute approximate surface area is 231 Å². The number of benzene rings is 2. The van der Waals surface area contributed by atoms with Crippen molar-refractivity contribution in [2.45, 2.75) is 52.0 Å². The Kier molecular flexibility index (Phi) is 11.0. The number of nitrogens with zero attached hydrogens (tertiary/aromatic N) is 2. The minimum absolute atomic E-state index is 0.0256. The molecule has 38 heavy (non-hydrogen) atoms. The largest absolute Gasteiger partial charge is 0.507 e. The van der Waals surface area contributed by atoms with Crippen LogP contribution in [0.1, 0.15) is 63.1 Å². The van der Waals surface area contributed by atoms with Crippen LogP contribution in [0.15, 0.2) is 48.0 Å².